The number of nitrogens with two attached hydrogens (primary N) is 1. The van der Waals surface area contributed by atoms with Gasteiger partial charge in [-0.2, -0.15) is 13.2 Å². The molecule has 4 N–H and O–H groups in total. The molecule has 40 heavy (non-hydrogen) atoms. The minimum atomic E-state index is -4.64. The number of ether oxygens (including phenoxy) is 2. The summed E-state index contributed by atoms with van der Waals surface area (Å²) in [6.07, 6.45) is -4.71. The van der Waals surface area contributed by atoms with Crippen LogP contribution in [0.2, 0.25) is 0 Å². The number of rotatable bonds is 9. The van der Waals surface area contributed by atoms with E-state index in [0.29, 0.717) is 25.9 Å². The van der Waals surface area contributed by atoms with Crippen molar-refractivity contribution in [3.05, 3.63) is 59.4 Å². The Bertz CT molecular complexity index is 1170. The third-order valence-corrected chi connectivity index (χ3v) is 7.95. The Labute approximate surface area is 230 Å². The first-order valence-electron chi connectivity index (χ1n) is 13.5. The highest BCUT2D eigenvalue weighted by Crippen LogP contribution is 2.42. The fourth-order valence-corrected chi connectivity index (χ4v) is 5.79. The highest BCUT2D eigenvalue weighted by atomic mass is 19.4. The summed E-state index contributed by atoms with van der Waals surface area (Å²) in [7, 11) is 1.55. The van der Waals surface area contributed by atoms with Crippen LogP contribution in [0.4, 0.5) is 17.6 Å². The van der Waals surface area contributed by atoms with E-state index in [1.165, 1.54) is 24.3 Å². The molecule has 0 spiro atoms. The molecule has 1 unspecified atom stereocenters. The number of halogens is 4. The van der Waals surface area contributed by atoms with E-state index in [9.17, 15) is 28.2 Å². The number of hydrogen-bond donors (Lipinski definition) is 3. The molecule has 1 saturated heterocycles. The molecule has 0 radical (unpaired) electrons. The first-order valence-corrected chi connectivity index (χ1v) is 13.5. The molecule has 7 nitrogen and oxygen atoms in total. The number of hydrogen-bond acceptors (Lipinski definition) is 6. The van der Waals surface area contributed by atoms with Gasteiger partial charge in [0, 0.05) is 37.8 Å². The van der Waals surface area contributed by atoms with Crippen molar-refractivity contribution in [3.63, 3.8) is 0 Å². The van der Waals surface area contributed by atoms with Crippen molar-refractivity contribution in [2.45, 2.75) is 62.1 Å². The minimum absolute atomic E-state index is 0.0139. The number of morpholine rings is 1. The van der Waals surface area contributed by atoms with Gasteiger partial charge in [0.05, 0.1) is 24.8 Å². The molecule has 5 atom stereocenters. The molecular formula is C29H36F4N2O5. The zero-order chi connectivity index (χ0) is 29.1. The van der Waals surface area contributed by atoms with Crippen molar-refractivity contribution < 1.29 is 42.0 Å². The van der Waals surface area contributed by atoms with E-state index < -0.39 is 47.3 Å². The molecule has 2 fully saturated rings. The zero-order valence-corrected chi connectivity index (χ0v) is 22.4. The summed E-state index contributed by atoms with van der Waals surface area (Å²) in [5.74, 6) is -1.46. The van der Waals surface area contributed by atoms with Gasteiger partial charge in [0.25, 0.3) is 0 Å². The van der Waals surface area contributed by atoms with E-state index in [-0.39, 0.29) is 55.1 Å². The smallest absolute Gasteiger partial charge is 0.391 e. The van der Waals surface area contributed by atoms with Gasteiger partial charge in [0.1, 0.15) is 17.5 Å². The van der Waals surface area contributed by atoms with Crippen LogP contribution >= 0.6 is 0 Å². The molecule has 2 aromatic carbocycles. The summed E-state index contributed by atoms with van der Waals surface area (Å²) in [5, 5.41) is 22.3. The van der Waals surface area contributed by atoms with Gasteiger partial charge < -0.3 is 30.3 Å². The molecule has 0 bridgehead atoms. The van der Waals surface area contributed by atoms with Crippen LogP contribution in [0, 0.1) is 11.7 Å². The molecular weight excluding hydrogens is 532 g/mol. The van der Waals surface area contributed by atoms with Gasteiger partial charge in [0.15, 0.2) is 0 Å². The predicted octanol–water partition coefficient (Wildman–Crippen LogP) is 3.84. The van der Waals surface area contributed by atoms with E-state index in [1.807, 2.05) is 0 Å². The lowest BCUT2D eigenvalue weighted by atomic mass is 9.78. The lowest BCUT2D eigenvalue weighted by Gasteiger charge is -2.43. The van der Waals surface area contributed by atoms with Crippen LogP contribution in [0.25, 0.3) is 11.1 Å². The molecule has 4 rings (SSSR count). The number of carbonyl (C=O) groups excluding carboxylic acids is 1. The highest BCUT2D eigenvalue weighted by molar-refractivity contribution is 5.79. The Kier molecular flexibility index (Phi) is 9.51. The Morgan fingerprint density at radius 3 is 2.60 bits per heavy atom. The van der Waals surface area contributed by atoms with Crippen molar-refractivity contribution in [1.82, 2.24) is 4.90 Å². The number of carbonyl (C=O) groups is 1. The van der Waals surface area contributed by atoms with Crippen LogP contribution in [-0.2, 0) is 26.0 Å². The fourth-order valence-electron chi connectivity index (χ4n) is 5.79. The third-order valence-electron chi connectivity index (χ3n) is 7.95. The quantitative estimate of drug-likeness (QED) is 0.314. The summed E-state index contributed by atoms with van der Waals surface area (Å²) >= 11 is 0. The topological polar surface area (TPSA) is 105 Å². The van der Waals surface area contributed by atoms with Gasteiger partial charge in [-0.25, -0.2) is 4.39 Å². The Morgan fingerprint density at radius 2 is 1.93 bits per heavy atom. The standard InChI is InChI=1S/C29H36F4N2O5/c1-39-12-3-2-10-28(38,25-17-35(11-13-40-25)27(37)19-15-23(34)24(36)16-19)21-8-5-9-22(30)26(21)18-6-4-7-20(14-18)29(31,32)33/h4-9,14,19,23-25,36,38H,2-3,10-13,15-17,34H2,1H3/t19-,23+,24-,25?,28-/m0/s1. The van der Waals surface area contributed by atoms with Crippen LogP contribution in [0.1, 0.15) is 43.2 Å². The van der Waals surface area contributed by atoms with Crippen LogP contribution in [0.3, 0.4) is 0 Å². The summed E-state index contributed by atoms with van der Waals surface area (Å²) < 4.78 is 67.1. The van der Waals surface area contributed by atoms with Crippen LogP contribution in [0.15, 0.2) is 42.5 Å². The van der Waals surface area contributed by atoms with Crippen molar-refractivity contribution in [2.24, 2.45) is 11.7 Å². The number of methoxy groups -OCH3 is 1. The molecule has 1 amide bonds. The summed E-state index contributed by atoms with van der Waals surface area (Å²) in [6, 6.07) is 7.86. The molecule has 2 aliphatic rings. The number of benzene rings is 2. The van der Waals surface area contributed by atoms with Gasteiger partial charge >= 0.3 is 6.18 Å². The monoisotopic (exact) mass is 568 g/mol. The molecule has 220 valence electrons. The third kappa shape index (κ3) is 6.49. The second-order valence-electron chi connectivity index (χ2n) is 10.7. The first kappa shape index (κ1) is 30.4. The average molecular weight is 569 g/mol. The normalized spacial score (nSPS) is 25.1. The van der Waals surface area contributed by atoms with Crippen LogP contribution < -0.4 is 5.73 Å². The van der Waals surface area contributed by atoms with Gasteiger partial charge in [-0.1, -0.05) is 24.3 Å². The minimum Gasteiger partial charge on any atom is -0.391 e. The van der Waals surface area contributed by atoms with E-state index in [4.69, 9.17) is 15.2 Å². The second kappa shape index (κ2) is 12.5. The highest BCUT2D eigenvalue weighted by Gasteiger charge is 2.46. The second-order valence-corrected chi connectivity index (χ2v) is 10.7. The molecule has 11 heteroatoms. The van der Waals surface area contributed by atoms with Gasteiger partial charge in [-0.15, -0.1) is 0 Å². The number of aliphatic hydroxyl groups excluding tert-OH is 1. The lowest BCUT2D eigenvalue weighted by molar-refractivity contribution is -0.167. The van der Waals surface area contributed by atoms with E-state index in [0.717, 1.165) is 18.2 Å². The lowest BCUT2D eigenvalue weighted by Crippen LogP contribution is -2.55. The number of amides is 1. The Hall–Kier alpha value is -2.57. The van der Waals surface area contributed by atoms with Crippen LogP contribution in [0.5, 0.6) is 0 Å². The van der Waals surface area contributed by atoms with Gasteiger partial charge in [0.2, 0.25) is 5.91 Å². The van der Waals surface area contributed by atoms with Crippen molar-refractivity contribution in [3.8, 4) is 11.1 Å². The maximum atomic E-state index is 15.4. The van der Waals surface area contributed by atoms with Gasteiger partial charge in [-0.05, 0) is 61.4 Å². The molecule has 1 saturated carbocycles. The number of nitrogens with zero attached hydrogens (tertiary/aromatic N) is 1. The molecule has 0 aromatic heterocycles. The van der Waals surface area contributed by atoms with Gasteiger partial charge in [-0.3, -0.25) is 4.79 Å². The first-order chi connectivity index (χ1) is 19.0. The van der Waals surface area contributed by atoms with Crippen molar-refractivity contribution >= 4 is 5.91 Å². The molecule has 1 aliphatic heterocycles. The zero-order valence-electron chi connectivity index (χ0n) is 22.4. The molecule has 1 aliphatic carbocycles. The van der Waals surface area contributed by atoms with Crippen LogP contribution in [-0.4, -0.2) is 72.7 Å². The molecule has 2 aromatic rings. The van der Waals surface area contributed by atoms with E-state index in [1.54, 1.807) is 12.0 Å². The summed E-state index contributed by atoms with van der Waals surface area (Å²) in [4.78, 5) is 14.9. The molecule has 1 heterocycles. The number of aliphatic hydroxyl groups is 2. The summed E-state index contributed by atoms with van der Waals surface area (Å²) in [5.41, 5.74) is 3.03. The maximum Gasteiger partial charge on any atom is 0.416 e. The van der Waals surface area contributed by atoms with E-state index in [2.05, 4.69) is 0 Å². The average Bonchev–Trinajstić information content (AvgIpc) is 3.27. The summed E-state index contributed by atoms with van der Waals surface area (Å²) in [6.45, 7) is 0.771. The fraction of sp³-hybridized carbons (Fsp3) is 0.552. The predicted molar refractivity (Wildman–Crippen MR) is 139 cm³/mol. The van der Waals surface area contributed by atoms with Crippen molar-refractivity contribution in [2.75, 3.05) is 33.4 Å². The number of unbranched alkanes of at least 4 members (excludes halogenated alkanes) is 1. The maximum absolute atomic E-state index is 15.4. The Morgan fingerprint density at radius 1 is 1.18 bits per heavy atom. The number of alkyl halides is 3. The largest absolute Gasteiger partial charge is 0.416 e. The Balaban J connectivity index is 1.72. The van der Waals surface area contributed by atoms with Crippen molar-refractivity contribution in [1.29, 1.82) is 0 Å². The SMILES string of the molecule is COCCCC[C@](O)(c1cccc(F)c1-c1cccc(C(F)(F)F)c1)C1CN(C(=O)[C@H]2C[C@@H](N)[C@@H](O)C2)CCO1. The van der Waals surface area contributed by atoms with E-state index >= 15 is 4.39 Å².